The molecule has 60 heavy (non-hydrogen) atoms. The number of hydrogen-bond donors (Lipinski definition) is 3. The summed E-state index contributed by atoms with van der Waals surface area (Å²) in [5.41, 5.74) is 0. The molecule has 0 saturated heterocycles. The van der Waals surface area contributed by atoms with Gasteiger partial charge in [-0.3, -0.25) is 13.8 Å². The van der Waals surface area contributed by atoms with Crippen molar-refractivity contribution in [3.05, 3.63) is 48.6 Å². The molecule has 0 bridgehead atoms. The molecule has 10 heteroatoms. The van der Waals surface area contributed by atoms with Gasteiger partial charge in [-0.05, 0) is 77.0 Å². The second kappa shape index (κ2) is 46.9. The van der Waals surface area contributed by atoms with E-state index in [1.54, 1.807) is 0 Å². The van der Waals surface area contributed by atoms with Crippen LogP contribution in [0.25, 0.3) is 0 Å². The third-order valence-corrected chi connectivity index (χ3v) is 11.4. The van der Waals surface area contributed by atoms with Crippen molar-refractivity contribution in [2.24, 2.45) is 0 Å². The Labute approximate surface area is 368 Å². The summed E-state index contributed by atoms with van der Waals surface area (Å²) in [7, 11) is -4.53. The van der Waals surface area contributed by atoms with E-state index in [4.69, 9.17) is 23.6 Å². The van der Waals surface area contributed by atoms with Gasteiger partial charge in [-0.2, -0.15) is 0 Å². The lowest BCUT2D eigenvalue weighted by atomic mass is 10.1. The Bertz CT molecular complexity index is 1080. The quantitative estimate of drug-likeness (QED) is 0.0237. The number of esters is 1. The predicted molar refractivity (Wildman–Crippen MR) is 251 cm³/mol. The highest BCUT2D eigenvalue weighted by Gasteiger charge is 2.26. The van der Waals surface area contributed by atoms with Gasteiger partial charge in [0.15, 0.2) is 0 Å². The molecule has 352 valence electrons. The number of carbonyl (C=O) groups is 1. The molecule has 0 spiro atoms. The van der Waals surface area contributed by atoms with Crippen molar-refractivity contribution in [3.63, 3.8) is 0 Å². The fourth-order valence-corrected chi connectivity index (χ4v) is 7.50. The fraction of sp³-hybridized carbons (Fsp3) is 0.820. The monoisotopic (exact) mass is 869 g/mol. The van der Waals surface area contributed by atoms with Gasteiger partial charge in [-0.25, -0.2) is 4.57 Å². The first kappa shape index (κ1) is 58.4. The average molecular weight is 869 g/mol. The van der Waals surface area contributed by atoms with Crippen LogP contribution in [0.5, 0.6) is 0 Å². The van der Waals surface area contributed by atoms with Crippen LogP contribution < -0.4 is 0 Å². The van der Waals surface area contributed by atoms with Gasteiger partial charge < -0.3 is 24.6 Å². The Morgan fingerprint density at radius 1 is 0.517 bits per heavy atom. The van der Waals surface area contributed by atoms with Crippen molar-refractivity contribution >= 4 is 13.8 Å². The van der Waals surface area contributed by atoms with E-state index in [2.05, 4.69) is 62.5 Å². The van der Waals surface area contributed by atoms with Crippen molar-refractivity contribution in [1.29, 1.82) is 0 Å². The first-order valence-electron chi connectivity index (χ1n) is 24.6. The average Bonchev–Trinajstić information content (AvgIpc) is 3.24. The highest BCUT2D eigenvalue weighted by atomic mass is 31.2. The molecule has 0 aliphatic carbocycles. The van der Waals surface area contributed by atoms with E-state index in [9.17, 15) is 19.4 Å². The molecule has 3 unspecified atom stereocenters. The Morgan fingerprint density at radius 3 is 1.37 bits per heavy atom. The fourth-order valence-electron chi connectivity index (χ4n) is 6.71. The zero-order chi connectivity index (χ0) is 43.9. The predicted octanol–water partition coefficient (Wildman–Crippen LogP) is 14.1. The van der Waals surface area contributed by atoms with Crippen molar-refractivity contribution in [3.8, 4) is 0 Å². The summed E-state index contributed by atoms with van der Waals surface area (Å²) in [6, 6.07) is 0. The Balaban J connectivity index is 4.12. The van der Waals surface area contributed by atoms with Crippen LogP contribution in [0.15, 0.2) is 48.6 Å². The van der Waals surface area contributed by atoms with Gasteiger partial charge in [-0.15, -0.1) is 0 Å². The molecular formula is C50H93O9P. The van der Waals surface area contributed by atoms with Crippen molar-refractivity contribution in [1.82, 2.24) is 0 Å². The summed E-state index contributed by atoms with van der Waals surface area (Å²) in [5.74, 6) is -0.391. The molecule has 0 rings (SSSR count). The first-order chi connectivity index (χ1) is 29.3. The molecular weight excluding hydrogens is 776 g/mol. The number of aliphatic hydroxyl groups excluding tert-OH is 2. The van der Waals surface area contributed by atoms with Crippen LogP contribution in [0.4, 0.5) is 0 Å². The number of aliphatic hydroxyl groups is 2. The highest BCUT2D eigenvalue weighted by Crippen LogP contribution is 2.43. The molecule has 3 N–H and O–H groups in total. The molecule has 0 aromatic rings. The smallest absolute Gasteiger partial charge is 0.457 e. The summed E-state index contributed by atoms with van der Waals surface area (Å²) >= 11 is 0. The van der Waals surface area contributed by atoms with Gasteiger partial charge in [-0.1, -0.05) is 184 Å². The SMILES string of the molecule is CCCCCCC/C=C\C/C=C\C/C=C\CCCCCCCCCCC(=O)OC(COCCCCCCCC/C=C\CCCCCCCC)COP(=O)(O)OCC(O)CO. The van der Waals surface area contributed by atoms with Gasteiger partial charge in [0.1, 0.15) is 12.2 Å². The number of rotatable bonds is 47. The lowest BCUT2D eigenvalue weighted by molar-refractivity contribution is -0.154. The van der Waals surface area contributed by atoms with Crippen molar-refractivity contribution in [2.75, 3.05) is 33.0 Å². The molecule has 0 heterocycles. The van der Waals surface area contributed by atoms with Crippen LogP contribution in [0.1, 0.15) is 219 Å². The molecule has 0 radical (unpaired) electrons. The zero-order valence-electron chi connectivity index (χ0n) is 38.7. The maximum atomic E-state index is 12.7. The van der Waals surface area contributed by atoms with Gasteiger partial charge in [0.25, 0.3) is 0 Å². The number of carbonyl (C=O) groups excluding carboxylic acids is 1. The normalized spacial score (nSPS) is 14.3. The van der Waals surface area contributed by atoms with Crippen LogP contribution >= 0.6 is 7.82 Å². The zero-order valence-corrected chi connectivity index (χ0v) is 39.6. The van der Waals surface area contributed by atoms with E-state index < -0.39 is 39.2 Å². The Hall–Kier alpha value is -1.58. The summed E-state index contributed by atoms with van der Waals surface area (Å²) in [6.07, 6.45) is 53.5. The summed E-state index contributed by atoms with van der Waals surface area (Å²) in [6.45, 7) is 3.50. The third kappa shape index (κ3) is 45.9. The summed E-state index contributed by atoms with van der Waals surface area (Å²) in [4.78, 5) is 22.7. The van der Waals surface area contributed by atoms with Gasteiger partial charge in [0.2, 0.25) is 0 Å². The largest absolute Gasteiger partial charge is 0.472 e. The maximum absolute atomic E-state index is 12.7. The molecule has 0 fully saturated rings. The standard InChI is InChI=1S/C50H93O9P/c1-3-5-7-9-11-13-15-17-19-21-22-23-24-25-26-27-28-30-32-34-36-38-40-42-50(53)59-49(47-58-60(54,55)57-45-48(52)44-51)46-56-43-41-39-37-35-33-31-29-20-18-16-14-12-10-8-6-4-2/h15,17-18,20-22,24-25,48-49,51-52H,3-14,16,19,23,26-47H2,1-2H3,(H,54,55)/b17-15-,20-18-,22-21-,25-24-. The summed E-state index contributed by atoms with van der Waals surface area (Å²) in [5, 5.41) is 18.4. The molecule has 0 saturated carbocycles. The minimum Gasteiger partial charge on any atom is -0.457 e. The molecule has 0 aliphatic rings. The van der Waals surface area contributed by atoms with Crippen LogP contribution in [-0.4, -0.2) is 66.3 Å². The Kier molecular flexibility index (Phi) is 45.7. The summed E-state index contributed by atoms with van der Waals surface area (Å²) < 4.78 is 33.5. The number of phosphoric ester groups is 1. The van der Waals surface area contributed by atoms with Gasteiger partial charge in [0.05, 0.1) is 26.4 Å². The molecule has 9 nitrogen and oxygen atoms in total. The number of allylic oxidation sites excluding steroid dienone is 8. The number of phosphoric acid groups is 1. The second-order valence-electron chi connectivity index (χ2n) is 16.5. The molecule has 3 atom stereocenters. The van der Waals surface area contributed by atoms with Crippen LogP contribution in [0, 0.1) is 0 Å². The molecule has 0 aromatic carbocycles. The first-order valence-corrected chi connectivity index (χ1v) is 26.1. The van der Waals surface area contributed by atoms with E-state index in [1.807, 2.05) is 0 Å². The van der Waals surface area contributed by atoms with Gasteiger partial charge in [0, 0.05) is 13.0 Å². The molecule has 0 amide bonds. The maximum Gasteiger partial charge on any atom is 0.472 e. The van der Waals surface area contributed by atoms with E-state index >= 15 is 0 Å². The van der Waals surface area contributed by atoms with Crippen LogP contribution in [-0.2, 0) is 27.9 Å². The van der Waals surface area contributed by atoms with E-state index in [0.717, 1.165) is 70.6 Å². The molecule has 0 aromatic heterocycles. The van der Waals surface area contributed by atoms with Crippen LogP contribution in [0.2, 0.25) is 0 Å². The number of ether oxygens (including phenoxy) is 2. The Morgan fingerprint density at radius 2 is 0.900 bits per heavy atom. The number of hydrogen-bond acceptors (Lipinski definition) is 8. The lowest BCUT2D eigenvalue weighted by Crippen LogP contribution is -2.29. The minimum absolute atomic E-state index is 0.0418. The topological polar surface area (TPSA) is 132 Å². The lowest BCUT2D eigenvalue weighted by Gasteiger charge is -2.20. The molecule has 0 aliphatic heterocycles. The van der Waals surface area contributed by atoms with Crippen molar-refractivity contribution < 1.29 is 43.0 Å². The van der Waals surface area contributed by atoms with Crippen LogP contribution in [0.3, 0.4) is 0 Å². The minimum atomic E-state index is -4.53. The van der Waals surface area contributed by atoms with Gasteiger partial charge >= 0.3 is 13.8 Å². The van der Waals surface area contributed by atoms with E-state index in [0.29, 0.717) is 6.61 Å². The third-order valence-electron chi connectivity index (χ3n) is 10.5. The number of unbranched alkanes of at least 4 members (excludes halogenated alkanes) is 25. The second-order valence-corrected chi connectivity index (χ2v) is 17.9. The highest BCUT2D eigenvalue weighted by molar-refractivity contribution is 7.47. The van der Waals surface area contributed by atoms with E-state index in [-0.39, 0.29) is 19.6 Å². The van der Waals surface area contributed by atoms with Crippen molar-refractivity contribution in [2.45, 2.75) is 232 Å². The van der Waals surface area contributed by atoms with E-state index in [1.165, 1.54) is 128 Å².